The van der Waals surface area contributed by atoms with Crippen LogP contribution in [-0.2, 0) is 4.79 Å². The molecule has 1 aliphatic heterocycles. The van der Waals surface area contributed by atoms with Crippen molar-refractivity contribution in [2.75, 3.05) is 13.1 Å². The molecule has 138 valence electrons. The molecule has 0 aromatic heterocycles. The molecule has 0 aliphatic carbocycles. The first-order valence-corrected chi connectivity index (χ1v) is 8.16. The third-order valence-corrected chi connectivity index (χ3v) is 4.31. The van der Waals surface area contributed by atoms with Gasteiger partial charge in [0.05, 0.1) is 10.6 Å². The summed E-state index contributed by atoms with van der Waals surface area (Å²) in [6.07, 6.45) is -5.40. The number of piperidine rings is 1. The Labute approximate surface area is 151 Å². The molecule has 2 rings (SSSR count). The first-order chi connectivity index (χ1) is 11.6. The predicted octanol–water partition coefficient (Wildman–Crippen LogP) is 3.37. The monoisotopic (exact) mass is 398 g/mol. The van der Waals surface area contributed by atoms with Crippen LogP contribution in [0.5, 0.6) is 5.75 Å². The van der Waals surface area contributed by atoms with Crippen molar-refractivity contribution in [1.82, 2.24) is 10.2 Å². The molecule has 1 saturated heterocycles. The Morgan fingerprint density at radius 1 is 1.24 bits per heavy atom. The standard InChI is InChI=1S/C15H15Cl2F3N2O3/c16-8-5-10(13(24)11(17)6-8)14(25)21-9-1-3-22(4-2-9)12(23)7-15(18,19)20/h5-6,9,24H,1-4,7H2,(H,21,25). The van der Waals surface area contributed by atoms with Gasteiger partial charge >= 0.3 is 6.18 Å². The zero-order chi connectivity index (χ0) is 18.8. The largest absolute Gasteiger partial charge is 0.506 e. The number of nitrogens with zero attached hydrogens (tertiary/aromatic N) is 1. The molecule has 0 radical (unpaired) electrons. The Morgan fingerprint density at radius 3 is 2.40 bits per heavy atom. The van der Waals surface area contributed by atoms with E-state index >= 15 is 0 Å². The second-order valence-electron chi connectivity index (χ2n) is 5.70. The van der Waals surface area contributed by atoms with Crippen LogP contribution >= 0.6 is 23.2 Å². The number of rotatable bonds is 3. The predicted molar refractivity (Wildman–Crippen MR) is 85.9 cm³/mol. The van der Waals surface area contributed by atoms with Crippen molar-refractivity contribution in [1.29, 1.82) is 0 Å². The first-order valence-electron chi connectivity index (χ1n) is 7.40. The summed E-state index contributed by atoms with van der Waals surface area (Å²) in [7, 11) is 0. The molecular weight excluding hydrogens is 384 g/mol. The minimum Gasteiger partial charge on any atom is -0.506 e. The zero-order valence-electron chi connectivity index (χ0n) is 12.9. The summed E-state index contributed by atoms with van der Waals surface area (Å²) in [6.45, 7) is 0.226. The molecule has 0 unspecified atom stereocenters. The Morgan fingerprint density at radius 2 is 1.84 bits per heavy atom. The van der Waals surface area contributed by atoms with Crippen molar-refractivity contribution < 1.29 is 27.9 Å². The second kappa shape index (κ2) is 7.70. The van der Waals surface area contributed by atoms with Crippen LogP contribution in [0.25, 0.3) is 0 Å². The summed E-state index contributed by atoms with van der Waals surface area (Å²) in [4.78, 5) is 24.9. The molecule has 0 bridgehead atoms. The van der Waals surface area contributed by atoms with Crippen molar-refractivity contribution in [2.24, 2.45) is 0 Å². The molecule has 1 fully saturated rings. The number of aromatic hydroxyl groups is 1. The second-order valence-corrected chi connectivity index (χ2v) is 6.55. The topological polar surface area (TPSA) is 69.6 Å². The lowest BCUT2D eigenvalue weighted by Gasteiger charge is -2.32. The fourth-order valence-electron chi connectivity index (χ4n) is 2.56. The number of hydrogen-bond acceptors (Lipinski definition) is 3. The van der Waals surface area contributed by atoms with E-state index in [1.54, 1.807) is 0 Å². The highest BCUT2D eigenvalue weighted by Crippen LogP contribution is 2.31. The van der Waals surface area contributed by atoms with Crippen LogP contribution in [0.15, 0.2) is 12.1 Å². The van der Waals surface area contributed by atoms with Crippen molar-refractivity contribution in [3.05, 3.63) is 27.7 Å². The Hall–Kier alpha value is -1.67. The summed E-state index contributed by atoms with van der Waals surface area (Å²) in [5, 5.41) is 12.6. The Balaban J connectivity index is 1.92. The van der Waals surface area contributed by atoms with Gasteiger partial charge in [-0.25, -0.2) is 0 Å². The van der Waals surface area contributed by atoms with E-state index in [0.717, 1.165) is 4.90 Å². The van der Waals surface area contributed by atoms with E-state index in [1.807, 2.05) is 0 Å². The van der Waals surface area contributed by atoms with Crippen LogP contribution in [0.4, 0.5) is 13.2 Å². The third kappa shape index (κ3) is 5.40. The average Bonchev–Trinajstić information content (AvgIpc) is 2.49. The Kier molecular flexibility index (Phi) is 6.05. The maximum Gasteiger partial charge on any atom is 0.397 e. The lowest BCUT2D eigenvalue weighted by Crippen LogP contribution is -2.47. The number of likely N-dealkylation sites (tertiary alicyclic amines) is 1. The highest BCUT2D eigenvalue weighted by Gasteiger charge is 2.35. The van der Waals surface area contributed by atoms with E-state index in [2.05, 4.69) is 5.32 Å². The number of phenols is 1. The van der Waals surface area contributed by atoms with Gasteiger partial charge in [-0.1, -0.05) is 23.2 Å². The molecule has 1 aromatic carbocycles. The molecule has 2 amide bonds. The summed E-state index contributed by atoms with van der Waals surface area (Å²) in [6, 6.07) is 2.22. The molecule has 25 heavy (non-hydrogen) atoms. The summed E-state index contributed by atoms with van der Waals surface area (Å²) < 4.78 is 36.8. The maximum absolute atomic E-state index is 12.3. The number of amides is 2. The lowest BCUT2D eigenvalue weighted by atomic mass is 10.0. The minimum absolute atomic E-state index is 0.0646. The lowest BCUT2D eigenvalue weighted by molar-refractivity contribution is -0.162. The highest BCUT2D eigenvalue weighted by molar-refractivity contribution is 6.36. The van der Waals surface area contributed by atoms with Crippen molar-refractivity contribution in [2.45, 2.75) is 31.5 Å². The van der Waals surface area contributed by atoms with Crippen LogP contribution in [-0.4, -0.2) is 47.1 Å². The zero-order valence-corrected chi connectivity index (χ0v) is 14.4. The van der Waals surface area contributed by atoms with Gasteiger partial charge < -0.3 is 15.3 Å². The SMILES string of the molecule is O=C(NC1CCN(C(=O)CC(F)(F)F)CC1)c1cc(Cl)cc(Cl)c1O. The summed E-state index contributed by atoms with van der Waals surface area (Å²) in [5.74, 6) is -1.97. The fourth-order valence-corrected chi connectivity index (χ4v) is 3.05. The van der Waals surface area contributed by atoms with E-state index in [-0.39, 0.29) is 34.7 Å². The van der Waals surface area contributed by atoms with Crippen LogP contribution in [0.2, 0.25) is 10.0 Å². The van der Waals surface area contributed by atoms with Crippen LogP contribution in [0.1, 0.15) is 29.6 Å². The third-order valence-electron chi connectivity index (χ3n) is 3.81. The van der Waals surface area contributed by atoms with E-state index in [0.29, 0.717) is 12.8 Å². The molecular formula is C15H15Cl2F3N2O3. The van der Waals surface area contributed by atoms with Gasteiger partial charge in [-0.15, -0.1) is 0 Å². The van der Waals surface area contributed by atoms with E-state index < -0.39 is 30.2 Å². The molecule has 1 aromatic rings. The molecule has 0 saturated carbocycles. The number of benzene rings is 1. The highest BCUT2D eigenvalue weighted by atomic mass is 35.5. The summed E-state index contributed by atoms with van der Waals surface area (Å²) in [5.41, 5.74) is -0.0897. The molecule has 1 aliphatic rings. The van der Waals surface area contributed by atoms with E-state index in [4.69, 9.17) is 23.2 Å². The van der Waals surface area contributed by atoms with Gasteiger partial charge in [0, 0.05) is 24.2 Å². The number of nitrogens with one attached hydrogen (secondary N) is 1. The van der Waals surface area contributed by atoms with Gasteiger partial charge in [0.25, 0.3) is 5.91 Å². The number of carbonyl (C=O) groups is 2. The smallest absolute Gasteiger partial charge is 0.397 e. The minimum atomic E-state index is -4.54. The van der Waals surface area contributed by atoms with Gasteiger partial charge in [-0.3, -0.25) is 9.59 Å². The van der Waals surface area contributed by atoms with Crippen molar-refractivity contribution in [3.63, 3.8) is 0 Å². The number of carbonyl (C=O) groups excluding carboxylic acids is 2. The van der Waals surface area contributed by atoms with Crippen molar-refractivity contribution >= 4 is 35.0 Å². The van der Waals surface area contributed by atoms with Gasteiger partial charge in [0.1, 0.15) is 12.2 Å². The molecule has 10 heteroatoms. The molecule has 2 N–H and O–H groups in total. The quantitative estimate of drug-likeness (QED) is 0.819. The molecule has 0 atom stereocenters. The van der Waals surface area contributed by atoms with Gasteiger partial charge in [0.15, 0.2) is 0 Å². The number of phenolic OH excluding ortho intramolecular Hbond substituents is 1. The molecule has 1 heterocycles. The number of hydrogen-bond donors (Lipinski definition) is 2. The average molecular weight is 399 g/mol. The van der Waals surface area contributed by atoms with E-state index in [9.17, 15) is 27.9 Å². The number of halogens is 5. The normalized spacial score (nSPS) is 16.0. The molecule has 5 nitrogen and oxygen atoms in total. The van der Waals surface area contributed by atoms with Gasteiger partial charge in [-0.2, -0.15) is 13.2 Å². The van der Waals surface area contributed by atoms with Gasteiger partial charge in [0.2, 0.25) is 5.91 Å². The summed E-state index contributed by atoms with van der Waals surface area (Å²) >= 11 is 11.6. The van der Waals surface area contributed by atoms with Crippen LogP contribution in [0.3, 0.4) is 0 Å². The fraction of sp³-hybridized carbons (Fsp3) is 0.467. The van der Waals surface area contributed by atoms with Crippen LogP contribution in [0, 0.1) is 0 Å². The molecule has 0 spiro atoms. The van der Waals surface area contributed by atoms with Crippen molar-refractivity contribution in [3.8, 4) is 5.75 Å². The van der Waals surface area contributed by atoms with Gasteiger partial charge in [-0.05, 0) is 25.0 Å². The van der Waals surface area contributed by atoms with E-state index in [1.165, 1.54) is 12.1 Å². The first kappa shape index (κ1) is 19.7. The Bertz CT molecular complexity index is 675. The van der Waals surface area contributed by atoms with Crippen LogP contribution < -0.4 is 5.32 Å². The number of alkyl halides is 3. The maximum atomic E-state index is 12.3.